The molecule has 0 unspecified atom stereocenters. The highest BCUT2D eigenvalue weighted by molar-refractivity contribution is 5.52. The smallest absolute Gasteiger partial charge is 0.147 e. The third-order valence-corrected chi connectivity index (χ3v) is 4.28. The maximum atomic E-state index is 6.47. The van der Waals surface area contributed by atoms with Crippen LogP contribution >= 0.6 is 0 Å². The van der Waals surface area contributed by atoms with Crippen molar-refractivity contribution in [2.75, 3.05) is 20.3 Å². The average Bonchev–Trinajstić information content (AvgIpc) is 2.70. The van der Waals surface area contributed by atoms with Crippen LogP contribution < -0.4 is 10.5 Å². The molecule has 0 aliphatic rings. The van der Waals surface area contributed by atoms with Gasteiger partial charge in [-0.15, -0.1) is 0 Å². The molecule has 128 valence electrons. The summed E-state index contributed by atoms with van der Waals surface area (Å²) in [7, 11) is 1.68. The minimum Gasteiger partial charge on any atom is -0.496 e. The van der Waals surface area contributed by atoms with Crippen LogP contribution in [-0.4, -0.2) is 20.3 Å². The number of para-hydroxylation sites is 1. The Morgan fingerprint density at radius 1 is 0.760 bits per heavy atom. The summed E-state index contributed by atoms with van der Waals surface area (Å²) in [5.74, 6) is 0.784. The third-order valence-electron chi connectivity index (χ3n) is 4.28. The molecule has 3 rings (SSSR count). The van der Waals surface area contributed by atoms with E-state index >= 15 is 0 Å². The number of hydrogen-bond acceptors (Lipinski definition) is 3. The van der Waals surface area contributed by atoms with Gasteiger partial charge < -0.3 is 15.2 Å². The molecule has 0 amide bonds. The Hall–Kier alpha value is -2.62. The number of rotatable bonds is 7. The zero-order valence-electron chi connectivity index (χ0n) is 14.4. The first-order valence-corrected chi connectivity index (χ1v) is 8.41. The van der Waals surface area contributed by atoms with Gasteiger partial charge in [-0.25, -0.2) is 0 Å². The van der Waals surface area contributed by atoms with E-state index in [4.69, 9.17) is 15.2 Å². The fourth-order valence-corrected chi connectivity index (χ4v) is 3.22. The van der Waals surface area contributed by atoms with E-state index in [0.29, 0.717) is 13.2 Å². The molecule has 3 aromatic carbocycles. The minimum absolute atomic E-state index is 0.432. The van der Waals surface area contributed by atoms with Gasteiger partial charge in [-0.3, -0.25) is 0 Å². The Bertz CT molecular complexity index is 748. The first kappa shape index (κ1) is 17.2. The highest BCUT2D eigenvalue weighted by Crippen LogP contribution is 2.44. The molecule has 0 aliphatic heterocycles. The second-order valence-corrected chi connectivity index (χ2v) is 5.75. The maximum Gasteiger partial charge on any atom is 0.147 e. The fraction of sp³-hybridized carbons (Fsp3) is 0.182. The van der Waals surface area contributed by atoms with Crippen LogP contribution in [0.4, 0.5) is 0 Å². The van der Waals surface area contributed by atoms with Crippen LogP contribution in [0.15, 0.2) is 84.9 Å². The molecule has 2 N–H and O–H groups in total. The van der Waals surface area contributed by atoms with Crippen molar-refractivity contribution in [3.8, 4) is 5.75 Å². The van der Waals surface area contributed by atoms with Crippen molar-refractivity contribution in [3.05, 3.63) is 102 Å². The molecule has 25 heavy (non-hydrogen) atoms. The number of hydrogen-bond donors (Lipinski definition) is 1. The summed E-state index contributed by atoms with van der Waals surface area (Å²) in [6.45, 7) is 0.873. The molecule has 0 aliphatic carbocycles. The van der Waals surface area contributed by atoms with E-state index in [0.717, 1.165) is 22.4 Å². The zero-order valence-corrected chi connectivity index (χ0v) is 14.4. The van der Waals surface area contributed by atoms with E-state index in [1.54, 1.807) is 7.11 Å². The van der Waals surface area contributed by atoms with E-state index in [2.05, 4.69) is 30.3 Å². The summed E-state index contributed by atoms with van der Waals surface area (Å²) in [6.07, 6.45) is 0. The van der Waals surface area contributed by atoms with Crippen LogP contribution in [0.5, 0.6) is 5.75 Å². The van der Waals surface area contributed by atoms with Crippen molar-refractivity contribution >= 4 is 0 Å². The van der Waals surface area contributed by atoms with E-state index in [1.165, 1.54) is 0 Å². The van der Waals surface area contributed by atoms with Crippen molar-refractivity contribution in [1.29, 1.82) is 0 Å². The summed E-state index contributed by atoms with van der Waals surface area (Å²) in [5, 5.41) is 0. The lowest BCUT2D eigenvalue weighted by atomic mass is 9.79. The number of benzene rings is 3. The van der Waals surface area contributed by atoms with Crippen LogP contribution in [-0.2, 0) is 10.3 Å². The van der Waals surface area contributed by atoms with E-state index < -0.39 is 5.60 Å². The predicted molar refractivity (Wildman–Crippen MR) is 101 cm³/mol. The monoisotopic (exact) mass is 333 g/mol. The summed E-state index contributed by atoms with van der Waals surface area (Å²) in [6, 6.07) is 28.4. The first-order valence-electron chi connectivity index (χ1n) is 8.41. The Morgan fingerprint density at radius 2 is 1.28 bits per heavy atom. The molecule has 0 spiro atoms. The second-order valence-electron chi connectivity index (χ2n) is 5.75. The van der Waals surface area contributed by atoms with Crippen molar-refractivity contribution < 1.29 is 9.47 Å². The van der Waals surface area contributed by atoms with Gasteiger partial charge in [0.15, 0.2) is 0 Å². The van der Waals surface area contributed by atoms with Gasteiger partial charge in [0, 0.05) is 12.1 Å². The number of nitrogens with two attached hydrogens (primary N) is 1. The van der Waals surface area contributed by atoms with Crippen LogP contribution in [0.25, 0.3) is 0 Å². The predicted octanol–water partition coefficient (Wildman–Crippen LogP) is 3.96. The topological polar surface area (TPSA) is 44.5 Å². The number of methoxy groups -OCH3 is 1. The Kier molecular flexibility index (Phi) is 5.49. The highest BCUT2D eigenvalue weighted by atomic mass is 16.5. The lowest BCUT2D eigenvalue weighted by Crippen LogP contribution is -2.35. The zero-order chi connectivity index (χ0) is 17.5. The lowest BCUT2D eigenvalue weighted by Gasteiger charge is -2.36. The molecule has 3 heteroatoms. The molecule has 0 radical (unpaired) electrons. The maximum absolute atomic E-state index is 6.47. The van der Waals surface area contributed by atoms with Crippen LogP contribution in [0.1, 0.15) is 16.7 Å². The van der Waals surface area contributed by atoms with Gasteiger partial charge in [-0.1, -0.05) is 78.9 Å². The fourth-order valence-electron chi connectivity index (χ4n) is 3.22. The van der Waals surface area contributed by atoms with Gasteiger partial charge in [0.2, 0.25) is 0 Å². The van der Waals surface area contributed by atoms with Gasteiger partial charge in [-0.05, 0) is 17.2 Å². The molecule has 0 fully saturated rings. The molecular formula is C22H23NO2. The van der Waals surface area contributed by atoms with Crippen LogP contribution in [0.3, 0.4) is 0 Å². The molecule has 0 aromatic heterocycles. The average molecular weight is 333 g/mol. The van der Waals surface area contributed by atoms with E-state index in [-0.39, 0.29) is 0 Å². The summed E-state index contributed by atoms with van der Waals surface area (Å²) in [4.78, 5) is 0. The molecule has 0 heterocycles. The van der Waals surface area contributed by atoms with Crippen LogP contribution in [0.2, 0.25) is 0 Å². The van der Waals surface area contributed by atoms with Crippen molar-refractivity contribution in [2.24, 2.45) is 5.73 Å². The Labute approximate surface area is 149 Å². The molecule has 3 aromatic rings. The quantitative estimate of drug-likeness (QED) is 0.666. The molecule has 3 nitrogen and oxygen atoms in total. The van der Waals surface area contributed by atoms with Crippen molar-refractivity contribution in [1.82, 2.24) is 0 Å². The first-order chi connectivity index (χ1) is 12.3. The van der Waals surface area contributed by atoms with Gasteiger partial charge in [0.25, 0.3) is 0 Å². The summed E-state index contributed by atoms with van der Waals surface area (Å²) in [5.41, 5.74) is 8.04. The third kappa shape index (κ3) is 3.29. The largest absolute Gasteiger partial charge is 0.496 e. The van der Waals surface area contributed by atoms with Gasteiger partial charge >= 0.3 is 0 Å². The lowest BCUT2D eigenvalue weighted by molar-refractivity contribution is 0.0163. The van der Waals surface area contributed by atoms with Gasteiger partial charge in [0.1, 0.15) is 11.4 Å². The van der Waals surface area contributed by atoms with Crippen molar-refractivity contribution in [2.45, 2.75) is 5.60 Å². The SMILES string of the molecule is COc1ccccc1C(OCCN)(c1ccccc1)c1ccccc1. The molecule has 0 saturated carbocycles. The van der Waals surface area contributed by atoms with E-state index in [1.807, 2.05) is 54.6 Å². The Balaban J connectivity index is 2.32. The standard InChI is InChI=1S/C22H23NO2/c1-24-21-15-9-8-14-20(21)22(25-17-16-23,18-10-4-2-5-11-18)19-12-6-3-7-13-19/h2-15H,16-17,23H2,1H3. The summed E-state index contributed by atoms with van der Waals surface area (Å²) < 4.78 is 12.1. The molecule has 0 bridgehead atoms. The van der Waals surface area contributed by atoms with Crippen molar-refractivity contribution in [3.63, 3.8) is 0 Å². The number of ether oxygens (including phenoxy) is 2. The van der Waals surface area contributed by atoms with Gasteiger partial charge in [0.05, 0.1) is 13.7 Å². The van der Waals surface area contributed by atoms with Crippen LogP contribution in [0, 0.1) is 0 Å². The molecular weight excluding hydrogens is 310 g/mol. The molecule has 0 saturated heterocycles. The highest BCUT2D eigenvalue weighted by Gasteiger charge is 2.39. The minimum atomic E-state index is -0.783. The summed E-state index contributed by atoms with van der Waals surface area (Å²) >= 11 is 0. The normalized spacial score (nSPS) is 11.3. The molecule has 0 atom stereocenters. The van der Waals surface area contributed by atoms with Gasteiger partial charge in [-0.2, -0.15) is 0 Å². The van der Waals surface area contributed by atoms with E-state index in [9.17, 15) is 0 Å². The Morgan fingerprint density at radius 3 is 1.80 bits per heavy atom. The second kappa shape index (κ2) is 7.97.